The van der Waals surface area contributed by atoms with Crippen LogP contribution >= 0.6 is 0 Å². The summed E-state index contributed by atoms with van der Waals surface area (Å²) in [6.07, 6.45) is 0.230. The summed E-state index contributed by atoms with van der Waals surface area (Å²) in [5.41, 5.74) is 0. The molecule has 0 bridgehead atoms. The second kappa shape index (κ2) is 9.57. The smallest absolute Gasteiger partial charge is 0.326 e. The monoisotopic (exact) mass is 276 g/mol. The fourth-order valence-corrected chi connectivity index (χ4v) is 1.51. The topological polar surface area (TPSA) is 88.1 Å². The highest BCUT2D eigenvalue weighted by Crippen LogP contribution is 2.01. The molecule has 2 N–H and O–H groups in total. The first-order valence-corrected chi connectivity index (χ1v) is 6.21. The number of ether oxygens (including phenoxy) is 2. The third-order valence-corrected chi connectivity index (χ3v) is 2.63. The lowest BCUT2D eigenvalue weighted by Crippen LogP contribution is -2.51. The van der Waals surface area contributed by atoms with Crippen LogP contribution in [0.4, 0.5) is 4.79 Å². The van der Waals surface area contributed by atoms with E-state index in [1.807, 2.05) is 13.8 Å². The van der Waals surface area contributed by atoms with Gasteiger partial charge in [0.1, 0.15) is 6.04 Å². The third-order valence-electron chi connectivity index (χ3n) is 2.63. The molecule has 19 heavy (non-hydrogen) atoms. The Morgan fingerprint density at radius 3 is 2.21 bits per heavy atom. The van der Waals surface area contributed by atoms with Gasteiger partial charge < -0.3 is 24.8 Å². The average molecular weight is 276 g/mol. The highest BCUT2D eigenvalue weighted by Gasteiger charge is 2.24. The molecule has 0 aliphatic rings. The molecule has 0 aliphatic carbocycles. The molecule has 1 unspecified atom stereocenters. The van der Waals surface area contributed by atoms with Crippen LogP contribution in [0.5, 0.6) is 0 Å². The van der Waals surface area contributed by atoms with Crippen LogP contribution in [0.1, 0.15) is 20.3 Å². The molecule has 7 nitrogen and oxygen atoms in total. The number of carbonyl (C=O) groups excluding carboxylic acids is 1. The van der Waals surface area contributed by atoms with Gasteiger partial charge in [-0.3, -0.25) is 0 Å². The van der Waals surface area contributed by atoms with E-state index < -0.39 is 18.0 Å². The standard InChI is InChI=1S/C12H24N2O5/c1-9(2)14(6-8-19-4)12(17)13-10(11(15)16)5-7-18-3/h9-10H,5-8H2,1-4H3,(H,13,17)(H,15,16). The number of carbonyl (C=O) groups is 2. The van der Waals surface area contributed by atoms with Crippen molar-refractivity contribution >= 4 is 12.0 Å². The van der Waals surface area contributed by atoms with E-state index in [2.05, 4.69) is 5.32 Å². The van der Waals surface area contributed by atoms with Gasteiger partial charge in [0.05, 0.1) is 6.61 Å². The largest absolute Gasteiger partial charge is 0.480 e. The van der Waals surface area contributed by atoms with Gasteiger partial charge in [0.2, 0.25) is 0 Å². The maximum absolute atomic E-state index is 12.0. The van der Waals surface area contributed by atoms with Crippen molar-refractivity contribution in [3.8, 4) is 0 Å². The number of nitrogens with zero attached hydrogens (tertiary/aromatic N) is 1. The first-order chi connectivity index (χ1) is 8.93. The maximum atomic E-state index is 12.0. The van der Waals surface area contributed by atoms with Crippen molar-refractivity contribution in [1.82, 2.24) is 10.2 Å². The predicted molar refractivity (Wildman–Crippen MR) is 70.2 cm³/mol. The Morgan fingerprint density at radius 1 is 1.21 bits per heavy atom. The minimum atomic E-state index is -1.07. The number of hydrogen-bond donors (Lipinski definition) is 2. The van der Waals surface area contributed by atoms with Gasteiger partial charge in [-0.1, -0.05) is 0 Å². The minimum Gasteiger partial charge on any atom is -0.480 e. The zero-order valence-corrected chi connectivity index (χ0v) is 12.0. The van der Waals surface area contributed by atoms with Crippen LogP contribution < -0.4 is 5.32 Å². The Kier molecular flexibility index (Phi) is 8.90. The molecule has 7 heteroatoms. The minimum absolute atomic E-state index is 0.0352. The number of amides is 2. The lowest BCUT2D eigenvalue weighted by atomic mass is 10.2. The lowest BCUT2D eigenvalue weighted by molar-refractivity contribution is -0.139. The molecule has 0 saturated heterocycles. The number of carboxylic acid groups (broad SMARTS) is 1. The summed E-state index contributed by atoms with van der Waals surface area (Å²) in [4.78, 5) is 24.6. The fraction of sp³-hybridized carbons (Fsp3) is 0.833. The van der Waals surface area contributed by atoms with Crippen LogP contribution in [0.2, 0.25) is 0 Å². The summed E-state index contributed by atoms with van der Waals surface area (Å²) in [7, 11) is 3.04. The van der Waals surface area contributed by atoms with Crippen LogP contribution in [0.3, 0.4) is 0 Å². The van der Waals surface area contributed by atoms with E-state index in [4.69, 9.17) is 14.6 Å². The predicted octanol–water partition coefficient (Wildman–Crippen LogP) is 0.543. The van der Waals surface area contributed by atoms with E-state index in [1.54, 1.807) is 7.11 Å². The van der Waals surface area contributed by atoms with E-state index in [0.717, 1.165) is 0 Å². The van der Waals surface area contributed by atoms with Crippen molar-refractivity contribution in [2.75, 3.05) is 34.0 Å². The Bertz CT molecular complexity index is 283. The molecule has 0 saturated carbocycles. The Balaban J connectivity index is 4.52. The molecule has 1 atom stereocenters. The third kappa shape index (κ3) is 6.97. The SMILES string of the molecule is COCCC(NC(=O)N(CCOC)C(C)C)C(=O)O. The highest BCUT2D eigenvalue weighted by atomic mass is 16.5. The summed E-state index contributed by atoms with van der Waals surface area (Å²) in [6, 6.07) is -1.39. The number of hydrogen-bond acceptors (Lipinski definition) is 4. The second-order valence-electron chi connectivity index (χ2n) is 4.40. The number of rotatable bonds is 9. The second-order valence-corrected chi connectivity index (χ2v) is 4.40. The number of methoxy groups -OCH3 is 2. The van der Waals surface area contributed by atoms with E-state index in [9.17, 15) is 9.59 Å². The van der Waals surface area contributed by atoms with Crippen molar-refractivity contribution in [3.63, 3.8) is 0 Å². The molecule has 0 fully saturated rings. The average Bonchev–Trinajstić information content (AvgIpc) is 2.34. The van der Waals surface area contributed by atoms with E-state index in [-0.39, 0.29) is 19.1 Å². The summed E-state index contributed by atoms with van der Waals surface area (Å²) in [5, 5.41) is 11.5. The quantitative estimate of drug-likeness (QED) is 0.642. The molecule has 0 radical (unpaired) electrons. The Morgan fingerprint density at radius 2 is 1.79 bits per heavy atom. The van der Waals surface area contributed by atoms with Gasteiger partial charge in [-0.05, 0) is 13.8 Å². The van der Waals surface area contributed by atoms with Crippen LogP contribution in [0, 0.1) is 0 Å². The Labute approximate surface area is 113 Å². The van der Waals surface area contributed by atoms with Gasteiger partial charge in [0.15, 0.2) is 0 Å². The van der Waals surface area contributed by atoms with E-state index >= 15 is 0 Å². The number of carboxylic acids is 1. The fourth-order valence-electron chi connectivity index (χ4n) is 1.51. The number of aliphatic carboxylic acids is 1. The molecule has 0 rings (SSSR count). The molecule has 0 aromatic carbocycles. The van der Waals surface area contributed by atoms with Crippen LogP contribution in [-0.4, -0.2) is 68.1 Å². The van der Waals surface area contributed by atoms with Crippen molar-refractivity contribution in [1.29, 1.82) is 0 Å². The first-order valence-electron chi connectivity index (χ1n) is 6.21. The summed E-state index contributed by atoms with van der Waals surface area (Å²) >= 11 is 0. The van der Waals surface area contributed by atoms with Gasteiger partial charge in [-0.15, -0.1) is 0 Å². The molecule has 0 aromatic heterocycles. The molecule has 0 heterocycles. The molecule has 0 aromatic rings. The Hall–Kier alpha value is -1.34. The van der Waals surface area contributed by atoms with E-state index in [0.29, 0.717) is 13.2 Å². The molecular formula is C12H24N2O5. The highest BCUT2D eigenvalue weighted by molar-refractivity contribution is 5.82. The van der Waals surface area contributed by atoms with E-state index in [1.165, 1.54) is 12.0 Å². The molecule has 0 spiro atoms. The first kappa shape index (κ1) is 17.7. The van der Waals surface area contributed by atoms with Crippen molar-refractivity contribution in [3.05, 3.63) is 0 Å². The molecule has 0 aliphatic heterocycles. The summed E-state index contributed by atoms with van der Waals surface area (Å²) < 4.78 is 9.76. The van der Waals surface area contributed by atoms with Crippen molar-refractivity contribution in [2.45, 2.75) is 32.4 Å². The maximum Gasteiger partial charge on any atom is 0.326 e. The van der Waals surface area contributed by atoms with Crippen LogP contribution in [-0.2, 0) is 14.3 Å². The van der Waals surface area contributed by atoms with Crippen LogP contribution in [0.15, 0.2) is 0 Å². The van der Waals surface area contributed by atoms with Gasteiger partial charge in [-0.25, -0.2) is 9.59 Å². The number of nitrogens with one attached hydrogen (secondary N) is 1. The van der Waals surface area contributed by atoms with Crippen molar-refractivity contribution < 1.29 is 24.2 Å². The van der Waals surface area contributed by atoms with Crippen molar-refractivity contribution in [2.24, 2.45) is 0 Å². The zero-order chi connectivity index (χ0) is 14.8. The van der Waals surface area contributed by atoms with Gasteiger partial charge in [0.25, 0.3) is 0 Å². The molecule has 112 valence electrons. The van der Waals surface area contributed by atoms with Gasteiger partial charge >= 0.3 is 12.0 Å². The summed E-state index contributed by atoms with van der Waals surface area (Å²) in [6.45, 7) is 4.81. The summed E-state index contributed by atoms with van der Waals surface area (Å²) in [5.74, 6) is -1.07. The molecule has 2 amide bonds. The molecular weight excluding hydrogens is 252 g/mol. The number of urea groups is 1. The normalized spacial score (nSPS) is 12.3. The zero-order valence-electron chi connectivity index (χ0n) is 12.0. The van der Waals surface area contributed by atoms with Gasteiger partial charge in [-0.2, -0.15) is 0 Å². The van der Waals surface area contributed by atoms with Crippen LogP contribution in [0.25, 0.3) is 0 Å². The van der Waals surface area contributed by atoms with Gasteiger partial charge in [0, 0.05) is 39.8 Å². The lowest BCUT2D eigenvalue weighted by Gasteiger charge is -2.28.